The molecule has 41 heavy (non-hydrogen) atoms. The number of benzene rings is 2. The molecule has 1 aliphatic heterocycles. The Hall–Kier alpha value is -4.87. The van der Waals surface area contributed by atoms with Gasteiger partial charge in [0.25, 0.3) is 14.9 Å². The fourth-order valence-corrected chi connectivity index (χ4v) is 5.85. The van der Waals surface area contributed by atoms with Gasteiger partial charge in [-0.2, -0.15) is 5.26 Å². The third-order valence-corrected chi connectivity index (χ3v) is 8.28. The number of piperazine rings is 1. The highest BCUT2D eigenvalue weighted by atomic mass is 28.3. The van der Waals surface area contributed by atoms with E-state index in [1.165, 1.54) is 0 Å². The van der Waals surface area contributed by atoms with Crippen molar-refractivity contribution < 1.29 is 14.0 Å². The van der Waals surface area contributed by atoms with Gasteiger partial charge in [-0.05, 0) is 59.9 Å². The minimum Gasteiger partial charge on any atom is -0.544 e. The first-order valence-electron chi connectivity index (χ1n) is 13.1. The van der Waals surface area contributed by atoms with E-state index in [2.05, 4.69) is 48.8 Å². The molecule has 13 nitrogen and oxygen atoms in total. The van der Waals surface area contributed by atoms with Gasteiger partial charge in [0.1, 0.15) is 23.9 Å². The quantitative estimate of drug-likeness (QED) is 0.295. The average Bonchev–Trinajstić information content (AvgIpc) is 3.50. The van der Waals surface area contributed by atoms with Gasteiger partial charge in [0.15, 0.2) is 0 Å². The molecule has 2 aromatic heterocycles. The van der Waals surface area contributed by atoms with Crippen molar-refractivity contribution in [2.24, 2.45) is 0 Å². The Labute approximate surface area is 239 Å². The lowest BCUT2D eigenvalue weighted by Crippen LogP contribution is -2.47. The molecule has 0 radical (unpaired) electrons. The van der Waals surface area contributed by atoms with Gasteiger partial charge >= 0.3 is 0 Å². The number of carbonyl (C=O) groups is 1. The number of aromatic nitrogens is 6. The third kappa shape index (κ3) is 6.65. The molecular weight excluding hydrogens is 540 g/mol. The number of carbonyl (C=O) groups excluding carboxylic acids is 1. The largest absolute Gasteiger partial charge is 0.544 e. The van der Waals surface area contributed by atoms with E-state index >= 15 is 0 Å². The van der Waals surface area contributed by atoms with Gasteiger partial charge in [-0.3, -0.25) is 4.79 Å². The summed E-state index contributed by atoms with van der Waals surface area (Å²) >= 11 is 0. The summed E-state index contributed by atoms with van der Waals surface area (Å²) in [5, 5.41) is 23.9. The molecule has 1 aliphatic rings. The molecule has 2 aromatic carbocycles. The summed E-state index contributed by atoms with van der Waals surface area (Å²) in [6.07, 6.45) is 5.50. The number of hydrogen-bond donors (Lipinski definition) is 1. The van der Waals surface area contributed by atoms with Crippen LogP contribution in [0.15, 0.2) is 55.1 Å². The lowest BCUT2D eigenvalue weighted by Gasteiger charge is -2.32. The van der Waals surface area contributed by atoms with Crippen molar-refractivity contribution in [1.29, 1.82) is 5.26 Å². The van der Waals surface area contributed by atoms with E-state index in [-0.39, 0.29) is 5.91 Å². The van der Waals surface area contributed by atoms with E-state index in [0.29, 0.717) is 53.5 Å². The van der Waals surface area contributed by atoms with Crippen molar-refractivity contribution in [3.8, 4) is 28.7 Å². The Balaban J connectivity index is 1.28. The number of hydrogen-bond acceptors (Lipinski definition) is 11. The SMILES string of the molecule is COc1cc(C(=O)N2CCN(C)CC2)ccc1Nc1ncc(-c2ccc(C#N)c(O[Si@@H](C)Cn3cnnn3)c2)cn1. The number of methoxy groups -OCH3 is 1. The fraction of sp³-hybridized carbons (Fsp3) is 0.296. The fourth-order valence-electron chi connectivity index (χ4n) is 4.45. The number of likely N-dealkylation sites (N-methyl/N-ethyl adjacent to an activating group) is 1. The number of tetrazole rings is 1. The Kier molecular flexibility index (Phi) is 8.46. The number of nitrogens with one attached hydrogen (secondary N) is 1. The molecule has 0 aliphatic carbocycles. The Morgan fingerprint density at radius 1 is 1.07 bits per heavy atom. The van der Waals surface area contributed by atoms with Gasteiger partial charge in [-0.1, -0.05) is 6.07 Å². The standard InChI is InChI=1S/C27H30N10O3Si/c1-35-8-10-36(11-9-35)26(38)20-6-7-23(25(13-20)39-2)32-27-29-15-22(16-30-27)19-4-5-21(14-28)24(12-19)40-41(3)18-37-17-31-33-34-37/h4-7,12-13,15-17,41H,8-11,18H2,1-3H3,(H,29,30,32)/t41-/m0/s1. The average molecular weight is 571 g/mol. The predicted octanol–water partition coefficient (Wildman–Crippen LogP) is 2.11. The van der Waals surface area contributed by atoms with E-state index < -0.39 is 9.04 Å². The summed E-state index contributed by atoms with van der Waals surface area (Å²) in [7, 11) is 1.85. The molecule has 1 fully saturated rings. The van der Waals surface area contributed by atoms with Gasteiger partial charge in [0, 0.05) is 49.7 Å². The molecule has 3 heterocycles. The maximum absolute atomic E-state index is 13.0. The number of anilines is 2. The van der Waals surface area contributed by atoms with Crippen molar-refractivity contribution >= 4 is 26.6 Å². The van der Waals surface area contributed by atoms with Gasteiger partial charge in [0.2, 0.25) is 5.95 Å². The first-order chi connectivity index (χ1) is 19.9. The second-order valence-corrected chi connectivity index (χ2v) is 11.9. The van der Waals surface area contributed by atoms with Crippen LogP contribution in [-0.4, -0.2) is 95.3 Å². The van der Waals surface area contributed by atoms with Crippen LogP contribution in [-0.2, 0) is 6.17 Å². The maximum atomic E-state index is 13.0. The summed E-state index contributed by atoms with van der Waals surface area (Å²) in [5.74, 6) is 1.39. The van der Waals surface area contributed by atoms with Crippen molar-refractivity contribution in [2.45, 2.75) is 12.7 Å². The first kappa shape index (κ1) is 27.7. The van der Waals surface area contributed by atoms with Crippen LogP contribution in [0.5, 0.6) is 11.5 Å². The van der Waals surface area contributed by atoms with Crippen LogP contribution in [0.4, 0.5) is 11.6 Å². The summed E-state index contributed by atoms with van der Waals surface area (Å²) < 4.78 is 13.4. The van der Waals surface area contributed by atoms with Crippen molar-refractivity contribution in [2.75, 3.05) is 45.7 Å². The minimum absolute atomic E-state index is 0.0122. The van der Waals surface area contributed by atoms with E-state index in [9.17, 15) is 10.1 Å². The van der Waals surface area contributed by atoms with E-state index in [1.807, 2.05) is 23.6 Å². The topological polar surface area (TPSA) is 147 Å². The zero-order chi connectivity index (χ0) is 28.8. The number of nitrogens with zero attached hydrogens (tertiary/aromatic N) is 9. The molecule has 210 valence electrons. The van der Waals surface area contributed by atoms with Crippen LogP contribution >= 0.6 is 0 Å². The number of ether oxygens (including phenoxy) is 1. The van der Waals surface area contributed by atoms with Gasteiger partial charge in [-0.15, -0.1) is 5.10 Å². The van der Waals surface area contributed by atoms with Crippen LogP contribution < -0.4 is 14.5 Å². The molecule has 0 spiro atoms. The highest BCUT2D eigenvalue weighted by molar-refractivity contribution is 6.49. The van der Waals surface area contributed by atoms with E-state index in [4.69, 9.17) is 9.16 Å². The number of nitriles is 1. The molecular formula is C27H30N10O3Si. The van der Waals surface area contributed by atoms with E-state index in [0.717, 1.165) is 24.2 Å². The van der Waals surface area contributed by atoms with Crippen molar-refractivity contribution in [3.05, 3.63) is 66.2 Å². The molecule has 0 bridgehead atoms. The van der Waals surface area contributed by atoms with Crippen LogP contribution in [0.25, 0.3) is 11.1 Å². The Morgan fingerprint density at radius 2 is 1.85 bits per heavy atom. The third-order valence-electron chi connectivity index (χ3n) is 6.74. The normalized spacial score (nSPS) is 14.2. The lowest BCUT2D eigenvalue weighted by atomic mass is 10.1. The second kappa shape index (κ2) is 12.5. The van der Waals surface area contributed by atoms with Gasteiger partial charge in [-0.25, -0.2) is 14.6 Å². The molecule has 4 aromatic rings. The van der Waals surface area contributed by atoms with Crippen molar-refractivity contribution in [3.63, 3.8) is 0 Å². The van der Waals surface area contributed by atoms with Crippen LogP contribution in [0.2, 0.25) is 6.55 Å². The maximum Gasteiger partial charge on any atom is 0.254 e. The van der Waals surface area contributed by atoms with Crippen LogP contribution in [0.1, 0.15) is 15.9 Å². The van der Waals surface area contributed by atoms with E-state index in [1.54, 1.807) is 54.8 Å². The summed E-state index contributed by atoms with van der Waals surface area (Å²) in [6.45, 7) is 5.13. The molecule has 0 unspecified atom stereocenters. The predicted molar refractivity (Wildman–Crippen MR) is 153 cm³/mol. The van der Waals surface area contributed by atoms with Crippen LogP contribution in [0, 0.1) is 11.3 Å². The Morgan fingerprint density at radius 3 is 2.54 bits per heavy atom. The Bertz CT molecular complexity index is 1530. The first-order valence-corrected chi connectivity index (χ1v) is 15.5. The zero-order valence-corrected chi connectivity index (χ0v) is 24.2. The smallest absolute Gasteiger partial charge is 0.254 e. The monoisotopic (exact) mass is 570 g/mol. The minimum atomic E-state index is -1.77. The van der Waals surface area contributed by atoms with Gasteiger partial charge < -0.3 is 24.3 Å². The molecule has 14 heteroatoms. The molecule has 1 amide bonds. The van der Waals surface area contributed by atoms with Gasteiger partial charge in [0.05, 0.1) is 24.5 Å². The summed E-state index contributed by atoms with van der Waals surface area (Å²) in [6, 6.07) is 12.9. The summed E-state index contributed by atoms with van der Waals surface area (Å²) in [5.41, 5.74) is 3.25. The second-order valence-electron chi connectivity index (χ2n) is 9.71. The van der Waals surface area contributed by atoms with Crippen LogP contribution in [0.3, 0.4) is 0 Å². The highest BCUT2D eigenvalue weighted by Gasteiger charge is 2.21. The number of amides is 1. The zero-order valence-electron chi connectivity index (χ0n) is 23.1. The molecule has 0 saturated carbocycles. The lowest BCUT2D eigenvalue weighted by molar-refractivity contribution is 0.0664. The highest BCUT2D eigenvalue weighted by Crippen LogP contribution is 2.30. The molecule has 5 rings (SSSR count). The number of rotatable bonds is 9. The molecule has 1 atom stereocenters. The molecule has 1 N–H and O–H groups in total. The molecule has 1 saturated heterocycles. The van der Waals surface area contributed by atoms with Crippen molar-refractivity contribution in [1.82, 2.24) is 40.0 Å². The summed E-state index contributed by atoms with van der Waals surface area (Å²) in [4.78, 5) is 26.0.